The second-order valence-corrected chi connectivity index (χ2v) is 6.60. The Labute approximate surface area is 124 Å². The van der Waals surface area contributed by atoms with E-state index in [1.807, 2.05) is 20.8 Å². The van der Waals surface area contributed by atoms with Gasteiger partial charge in [0.05, 0.1) is 0 Å². The monoisotopic (exact) mass is 282 g/mol. The number of alkyl carbamates (subject to hydrolysis) is 1. The summed E-state index contributed by atoms with van der Waals surface area (Å²) in [7, 11) is 0. The highest BCUT2D eigenvalue weighted by Gasteiger charge is 2.19. The highest BCUT2D eigenvalue weighted by atomic mass is 16.6. The second-order valence-electron chi connectivity index (χ2n) is 6.60. The molecule has 116 valence electrons. The molecule has 2 N–H and O–H groups in total. The zero-order chi connectivity index (χ0) is 15.8. The summed E-state index contributed by atoms with van der Waals surface area (Å²) in [6.45, 7) is 13.4. The maximum absolute atomic E-state index is 11.6. The zero-order valence-electron chi connectivity index (χ0n) is 13.7. The lowest BCUT2D eigenvalue weighted by Crippen LogP contribution is -2.41. The van der Waals surface area contributed by atoms with Crippen LogP contribution in [0.3, 0.4) is 0 Å². The molecule has 0 aliphatic heterocycles. The quantitative estimate of drug-likeness (QED) is 0.706. The van der Waals surface area contributed by atoms with Crippen LogP contribution in [0.1, 0.15) is 48.0 Å². The summed E-state index contributed by atoms with van der Waals surface area (Å²) in [5, 5.41) is 6.24. The van der Waals surface area contributed by atoms with Gasteiger partial charge in [-0.3, -0.25) is 0 Å². The summed E-state index contributed by atoms with van der Waals surface area (Å²) < 4.78 is 5.24. The van der Waals surface area contributed by atoms with Crippen molar-refractivity contribution in [3.8, 4) is 12.3 Å². The predicted octanol–water partition coefficient (Wildman–Crippen LogP) is 2.78. The fraction of sp³-hybridized carbons (Fsp3) is 0.812. The van der Waals surface area contributed by atoms with Gasteiger partial charge in [0.15, 0.2) is 0 Å². The molecular weight excluding hydrogens is 252 g/mol. The molecule has 0 spiro atoms. The summed E-state index contributed by atoms with van der Waals surface area (Å²) in [6, 6.07) is 0.294. The third-order valence-corrected chi connectivity index (χ3v) is 3.00. The zero-order valence-corrected chi connectivity index (χ0v) is 13.7. The first-order valence-corrected chi connectivity index (χ1v) is 7.29. The maximum Gasteiger partial charge on any atom is 0.407 e. The van der Waals surface area contributed by atoms with Crippen LogP contribution in [0.4, 0.5) is 4.79 Å². The van der Waals surface area contributed by atoms with Gasteiger partial charge in [-0.2, -0.15) is 0 Å². The fourth-order valence-electron chi connectivity index (χ4n) is 1.67. The Morgan fingerprint density at radius 1 is 1.25 bits per heavy atom. The van der Waals surface area contributed by atoms with Crippen LogP contribution in [0, 0.1) is 24.2 Å². The maximum atomic E-state index is 11.6. The summed E-state index contributed by atoms with van der Waals surface area (Å²) >= 11 is 0. The molecule has 0 bridgehead atoms. The van der Waals surface area contributed by atoms with Gasteiger partial charge in [0, 0.05) is 25.6 Å². The third-order valence-electron chi connectivity index (χ3n) is 3.00. The lowest BCUT2D eigenvalue weighted by molar-refractivity contribution is 0.0514. The van der Waals surface area contributed by atoms with Crippen molar-refractivity contribution >= 4 is 6.09 Å². The molecule has 4 nitrogen and oxygen atoms in total. The molecule has 0 saturated carbocycles. The van der Waals surface area contributed by atoms with Crippen LogP contribution in [-0.2, 0) is 4.74 Å². The van der Waals surface area contributed by atoms with Gasteiger partial charge in [0.1, 0.15) is 5.60 Å². The van der Waals surface area contributed by atoms with Crippen LogP contribution >= 0.6 is 0 Å². The number of rotatable bonds is 7. The highest BCUT2D eigenvalue weighted by Crippen LogP contribution is 2.10. The van der Waals surface area contributed by atoms with Crippen molar-refractivity contribution < 1.29 is 9.53 Å². The van der Waals surface area contributed by atoms with Crippen LogP contribution in [0.25, 0.3) is 0 Å². The van der Waals surface area contributed by atoms with Crippen LogP contribution in [-0.4, -0.2) is 30.8 Å². The number of hydrogen-bond donors (Lipinski definition) is 2. The molecule has 20 heavy (non-hydrogen) atoms. The van der Waals surface area contributed by atoms with Crippen molar-refractivity contribution in [3.05, 3.63) is 0 Å². The predicted molar refractivity (Wildman–Crippen MR) is 83.5 cm³/mol. The Morgan fingerprint density at radius 3 is 2.30 bits per heavy atom. The molecule has 0 aliphatic carbocycles. The smallest absolute Gasteiger partial charge is 0.407 e. The molecule has 0 aromatic heterocycles. The molecule has 0 aliphatic rings. The van der Waals surface area contributed by atoms with Gasteiger partial charge in [-0.1, -0.05) is 13.8 Å². The fourth-order valence-corrected chi connectivity index (χ4v) is 1.67. The largest absolute Gasteiger partial charge is 0.444 e. The average Bonchev–Trinajstić information content (AvgIpc) is 2.26. The first-order chi connectivity index (χ1) is 9.15. The number of carbonyl (C=O) groups is 1. The molecule has 4 heteroatoms. The Hall–Kier alpha value is -1.21. The lowest BCUT2D eigenvalue weighted by atomic mass is 9.95. The SMILES string of the molecule is C#CCC(C)NCC(CNC(=O)OC(C)(C)C)C(C)C. The molecule has 0 rings (SSSR count). The Kier molecular flexibility index (Phi) is 8.33. The van der Waals surface area contributed by atoms with Gasteiger partial charge < -0.3 is 15.4 Å². The molecule has 0 fully saturated rings. The minimum absolute atomic E-state index is 0.294. The average molecular weight is 282 g/mol. The van der Waals surface area contributed by atoms with Crippen molar-refractivity contribution in [1.29, 1.82) is 0 Å². The van der Waals surface area contributed by atoms with Gasteiger partial charge in [-0.05, 0) is 39.5 Å². The number of ether oxygens (including phenoxy) is 1. The van der Waals surface area contributed by atoms with E-state index in [9.17, 15) is 4.79 Å². The number of terminal acetylenes is 1. The summed E-state index contributed by atoms with van der Waals surface area (Å²) in [5.74, 6) is 3.46. The molecule has 0 saturated heterocycles. The number of carbonyl (C=O) groups excluding carboxylic acids is 1. The molecule has 0 heterocycles. The Balaban J connectivity index is 4.16. The van der Waals surface area contributed by atoms with Crippen LogP contribution in [0.15, 0.2) is 0 Å². The van der Waals surface area contributed by atoms with Crippen LogP contribution in [0.2, 0.25) is 0 Å². The van der Waals surface area contributed by atoms with E-state index in [1.165, 1.54) is 0 Å². The molecular formula is C16H30N2O2. The summed E-state index contributed by atoms with van der Waals surface area (Å²) in [6.07, 6.45) is 5.64. The van der Waals surface area contributed by atoms with E-state index in [1.54, 1.807) is 0 Å². The summed E-state index contributed by atoms with van der Waals surface area (Å²) in [5.41, 5.74) is -0.461. The normalized spacial score (nSPS) is 14.5. The number of amides is 1. The minimum Gasteiger partial charge on any atom is -0.444 e. The van der Waals surface area contributed by atoms with Crippen molar-refractivity contribution in [2.45, 2.75) is 59.6 Å². The standard InChI is InChI=1S/C16H30N2O2/c1-8-9-13(4)17-10-14(12(2)3)11-18-15(19)20-16(5,6)7/h1,12-14,17H,9-11H2,2-7H3,(H,18,19). The van der Waals surface area contributed by atoms with E-state index in [-0.39, 0.29) is 6.09 Å². The van der Waals surface area contributed by atoms with Crippen LogP contribution in [0.5, 0.6) is 0 Å². The van der Waals surface area contributed by atoms with Gasteiger partial charge in [-0.15, -0.1) is 12.3 Å². The van der Waals surface area contributed by atoms with Crippen molar-refractivity contribution in [2.24, 2.45) is 11.8 Å². The molecule has 0 aromatic carbocycles. The van der Waals surface area contributed by atoms with Crippen molar-refractivity contribution in [1.82, 2.24) is 10.6 Å². The molecule has 1 amide bonds. The first-order valence-electron chi connectivity index (χ1n) is 7.29. The molecule has 2 atom stereocenters. The number of nitrogens with one attached hydrogen (secondary N) is 2. The van der Waals surface area contributed by atoms with Gasteiger partial charge >= 0.3 is 6.09 Å². The molecule has 2 unspecified atom stereocenters. The van der Waals surface area contributed by atoms with E-state index in [2.05, 4.69) is 37.3 Å². The van der Waals surface area contributed by atoms with Gasteiger partial charge in [0.2, 0.25) is 0 Å². The first kappa shape index (κ1) is 18.8. The summed E-state index contributed by atoms with van der Waals surface area (Å²) in [4.78, 5) is 11.6. The van der Waals surface area contributed by atoms with E-state index in [0.717, 1.165) is 6.54 Å². The second kappa shape index (κ2) is 8.86. The Morgan fingerprint density at radius 2 is 1.85 bits per heavy atom. The van der Waals surface area contributed by atoms with Crippen molar-refractivity contribution in [2.75, 3.05) is 13.1 Å². The van der Waals surface area contributed by atoms with Crippen molar-refractivity contribution in [3.63, 3.8) is 0 Å². The van der Waals surface area contributed by atoms with E-state index in [4.69, 9.17) is 11.2 Å². The van der Waals surface area contributed by atoms with E-state index >= 15 is 0 Å². The third kappa shape index (κ3) is 9.69. The minimum atomic E-state index is -0.461. The molecule has 0 aromatic rings. The molecule has 0 radical (unpaired) electrons. The van der Waals surface area contributed by atoms with Gasteiger partial charge in [0.25, 0.3) is 0 Å². The van der Waals surface area contributed by atoms with Gasteiger partial charge in [-0.25, -0.2) is 4.79 Å². The number of hydrogen-bond acceptors (Lipinski definition) is 3. The Bertz CT molecular complexity index is 326. The van der Waals surface area contributed by atoms with Crippen LogP contribution < -0.4 is 10.6 Å². The van der Waals surface area contributed by atoms with E-state index < -0.39 is 5.60 Å². The highest BCUT2D eigenvalue weighted by molar-refractivity contribution is 5.67. The lowest BCUT2D eigenvalue weighted by Gasteiger charge is -2.25. The topological polar surface area (TPSA) is 50.4 Å². The van der Waals surface area contributed by atoms with E-state index in [0.29, 0.717) is 30.8 Å².